The van der Waals surface area contributed by atoms with Gasteiger partial charge in [0.2, 0.25) is 0 Å². The fraction of sp³-hybridized carbons (Fsp3) is 0.857. The lowest BCUT2D eigenvalue weighted by molar-refractivity contribution is -0.245. The van der Waals surface area contributed by atoms with E-state index in [1.165, 1.54) is 0 Å². The lowest BCUT2D eigenvalue weighted by Crippen LogP contribution is -2.53. The molecular weight excluding hydrogens is 148 g/mol. The maximum absolute atomic E-state index is 10.8. The van der Waals surface area contributed by atoms with Crippen LogP contribution in [0.25, 0.3) is 0 Å². The first kappa shape index (κ1) is 8.64. The summed E-state index contributed by atoms with van der Waals surface area (Å²) >= 11 is 0. The maximum Gasteiger partial charge on any atom is 0.253 e. The van der Waals surface area contributed by atoms with Crippen molar-refractivity contribution in [2.75, 3.05) is 0 Å². The molecular formula is C7H12O4. The summed E-state index contributed by atoms with van der Waals surface area (Å²) in [5.41, 5.74) is -1.63. The van der Waals surface area contributed by atoms with Crippen molar-refractivity contribution < 1.29 is 20.1 Å². The Labute approximate surface area is 64.5 Å². The average molecular weight is 160 g/mol. The number of ketones is 1. The molecule has 1 aliphatic rings. The van der Waals surface area contributed by atoms with E-state index in [0.717, 1.165) is 0 Å². The molecule has 0 aliphatic heterocycles. The van der Waals surface area contributed by atoms with Crippen molar-refractivity contribution in [2.24, 2.45) is 0 Å². The maximum atomic E-state index is 10.8. The van der Waals surface area contributed by atoms with Crippen LogP contribution >= 0.6 is 0 Å². The zero-order chi connectivity index (χ0) is 8.70. The first-order valence-electron chi connectivity index (χ1n) is 3.64. The molecule has 0 unspecified atom stereocenters. The highest BCUT2D eigenvalue weighted by molar-refractivity contribution is 5.89. The van der Waals surface area contributed by atoms with E-state index in [2.05, 4.69) is 0 Å². The number of carbonyl (C=O) groups excluding carboxylic acids is 1. The fourth-order valence-electron chi connectivity index (χ4n) is 1.35. The molecule has 1 atom stereocenters. The zero-order valence-corrected chi connectivity index (χ0v) is 6.37. The Morgan fingerprint density at radius 2 is 2.00 bits per heavy atom. The van der Waals surface area contributed by atoms with Gasteiger partial charge in [-0.3, -0.25) is 4.79 Å². The van der Waals surface area contributed by atoms with Crippen LogP contribution < -0.4 is 0 Å². The molecule has 11 heavy (non-hydrogen) atoms. The molecule has 0 radical (unpaired) electrons. The highest BCUT2D eigenvalue weighted by Crippen LogP contribution is 2.36. The molecule has 0 amide bonds. The summed E-state index contributed by atoms with van der Waals surface area (Å²) in [6.07, 6.45) is 0.346. The molecule has 0 heterocycles. The second kappa shape index (κ2) is 2.27. The molecule has 4 heteroatoms. The van der Waals surface area contributed by atoms with Gasteiger partial charge in [0.25, 0.3) is 5.79 Å². The summed E-state index contributed by atoms with van der Waals surface area (Å²) in [6, 6.07) is 0. The number of carbonyl (C=O) groups is 1. The van der Waals surface area contributed by atoms with Gasteiger partial charge in [-0.1, -0.05) is 6.92 Å². The first-order valence-corrected chi connectivity index (χ1v) is 3.64. The monoisotopic (exact) mass is 160 g/mol. The third kappa shape index (κ3) is 0.982. The summed E-state index contributed by atoms with van der Waals surface area (Å²) in [5.74, 6) is -3.22. The van der Waals surface area contributed by atoms with Crippen molar-refractivity contribution in [2.45, 2.75) is 37.6 Å². The molecule has 4 nitrogen and oxygen atoms in total. The van der Waals surface area contributed by atoms with Gasteiger partial charge in [-0.2, -0.15) is 0 Å². The van der Waals surface area contributed by atoms with Crippen molar-refractivity contribution in [1.29, 1.82) is 0 Å². The van der Waals surface area contributed by atoms with Crippen LogP contribution in [0.2, 0.25) is 0 Å². The topological polar surface area (TPSA) is 77.8 Å². The molecule has 0 aromatic heterocycles. The van der Waals surface area contributed by atoms with Gasteiger partial charge in [-0.25, -0.2) is 0 Å². The van der Waals surface area contributed by atoms with Crippen molar-refractivity contribution in [3.05, 3.63) is 0 Å². The SMILES string of the molecule is CC[C@]1(O)CCC(=O)C1(O)O. The Kier molecular flexibility index (Phi) is 1.78. The van der Waals surface area contributed by atoms with E-state index < -0.39 is 17.2 Å². The Morgan fingerprint density at radius 1 is 1.45 bits per heavy atom. The van der Waals surface area contributed by atoms with Gasteiger partial charge in [0, 0.05) is 6.42 Å². The molecule has 3 N–H and O–H groups in total. The number of Topliss-reactive ketones (excluding diaryl/α,β-unsaturated/α-hetero) is 1. The van der Waals surface area contributed by atoms with E-state index >= 15 is 0 Å². The van der Waals surface area contributed by atoms with Crippen LogP contribution in [0.5, 0.6) is 0 Å². The highest BCUT2D eigenvalue weighted by atomic mass is 16.5. The molecule has 0 aromatic rings. The lowest BCUT2D eigenvalue weighted by atomic mass is 9.93. The van der Waals surface area contributed by atoms with Crippen molar-refractivity contribution in [3.63, 3.8) is 0 Å². The van der Waals surface area contributed by atoms with Crippen LogP contribution in [0.1, 0.15) is 26.2 Å². The van der Waals surface area contributed by atoms with E-state index in [-0.39, 0.29) is 19.3 Å². The van der Waals surface area contributed by atoms with Gasteiger partial charge in [0.05, 0.1) is 0 Å². The second-order valence-corrected chi connectivity index (χ2v) is 2.98. The van der Waals surface area contributed by atoms with Gasteiger partial charge < -0.3 is 15.3 Å². The standard InChI is InChI=1S/C7H12O4/c1-2-6(9)4-3-5(8)7(6,10)11/h9-11H,2-4H2,1H3/t6-/m0/s1. The number of rotatable bonds is 1. The molecule has 1 fully saturated rings. The van der Waals surface area contributed by atoms with Crippen LogP contribution in [0.3, 0.4) is 0 Å². The van der Waals surface area contributed by atoms with Crippen LogP contribution in [-0.2, 0) is 4.79 Å². The van der Waals surface area contributed by atoms with Gasteiger partial charge in [-0.15, -0.1) is 0 Å². The summed E-state index contributed by atoms with van der Waals surface area (Å²) < 4.78 is 0. The fourth-order valence-corrected chi connectivity index (χ4v) is 1.35. The quantitative estimate of drug-likeness (QED) is 0.437. The third-order valence-electron chi connectivity index (χ3n) is 2.39. The molecule has 0 bridgehead atoms. The predicted molar refractivity (Wildman–Crippen MR) is 36.7 cm³/mol. The molecule has 1 aliphatic carbocycles. The number of hydrogen-bond acceptors (Lipinski definition) is 4. The van der Waals surface area contributed by atoms with Crippen LogP contribution in [-0.4, -0.2) is 32.5 Å². The van der Waals surface area contributed by atoms with Crippen LogP contribution in [0.4, 0.5) is 0 Å². The van der Waals surface area contributed by atoms with Gasteiger partial charge >= 0.3 is 0 Å². The normalized spacial score (nSPS) is 36.2. The summed E-state index contributed by atoms with van der Waals surface area (Å²) in [5, 5.41) is 27.8. The third-order valence-corrected chi connectivity index (χ3v) is 2.39. The van der Waals surface area contributed by atoms with Crippen molar-refractivity contribution in [3.8, 4) is 0 Å². The first-order chi connectivity index (χ1) is 4.94. The number of hydrogen-bond donors (Lipinski definition) is 3. The molecule has 64 valence electrons. The molecule has 0 spiro atoms. The largest absolute Gasteiger partial charge is 0.384 e. The lowest BCUT2D eigenvalue weighted by Gasteiger charge is -2.30. The van der Waals surface area contributed by atoms with E-state index in [0.29, 0.717) is 0 Å². The minimum atomic E-state index is -2.53. The molecule has 0 saturated heterocycles. The summed E-state index contributed by atoms with van der Waals surface area (Å²) in [4.78, 5) is 10.8. The van der Waals surface area contributed by atoms with E-state index in [1.807, 2.05) is 0 Å². The van der Waals surface area contributed by atoms with E-state index in [9.17, 15) is 9.90 Å². The molecule has 1 saturated carbocycles. The van der Waals surface area contributed by atoms with Crippen LogP contribution in [0.15, 0.2) is 0 Å². The average Bonchev–Trinajstić information content (AvgIpc) is 2.15. The predicted octanol–water partition coefficient (Wildman–Crippen LogP) is -0.829. The van der Waals surface area contributed by atoms with Gasteiger partial charge in [0.1, 0.15) is 5.60 Å². The van der Waals surface area contributed by atoms with E-state index in [1.54, 1.807) is 6.92 Å². The Balaban J connectivity index is 2.95. The Bertz CT molecular complexity index is 187. The second-order valence-electron chi connectivity index (χ2n) is 2.98. The van der Waals surface area contributed by atoms with Crippen LogP contribution in [0, 0.1) is 0 Å². The Hall–Kier alpha value is -0.450. The molecule has 1 rings (SSSR count). The molecule has 0 aromatic carbocycles. The van der Waals surface area contributed by atoms with E-state index in [4.69, 9.17) is 10.2 Å². The van der Waals surface area contributed by atoms with Crippen molar-refractivity contribution in [1.82, 2.24) is 0 Å². The summed E-state index contributed by atoms with van der Waals surface area (Å²) in [6.45, 7) is 1.61. The number of aliphatic hydroxyl groups is 3. The van der Waals surface area contributed by atoms with Gasteiger partial charge in [0.15, 0.2) is 5.78 Å². The van der Waals surface area contributed by atoms with Crippen molar-refractivity contribution >= 4 is 5.78 Å². The van der Waals surface area contributed by atoms with Gasteiger partial charge in [-0.05, 0) is 12.8 Å². The minimum Gasteiger partial charge on any atom is -0.384 e. The smallest absolute Gasteiger partial charge is 0.253 e. The highest BCUT2D eigenvalue weighted by Gasteiger charge is 2.57. The zero-order valence-electron chi connectivity index (χ0n) is 6.37. The summed E-state index contributed by atoms with van der Waals surface area (Å²) in [7, 11) is 0. The minimum absolute atomic E-state index is 0.0390. The Morgan fingerprint density at radius 3 is 2.18 bits per heavy atom.